The average Bonchev–Trinajstić information content (AvgIpc) is 2.42. The summed E-state index contributed by atoms with van der Waals surface area (Å²) in [5, 5.41) is 1.56. The van der Waals surface area contributed by atoms with Crippen molar-refractivity contribution in [3.63, 3.8) is 0 Å². The second-order valence-electron chi connectivity index (χ2n) is 5.80. The lowest BCUT2D eigenvalue weighted by molar-refractivity contribution is 0.632. The summed E-state index contributed by atoms with van der Waals surface area (Å²) in [6, 6.07) is 12.3. The molecule has 0 saturated carbocycles. The molecule has 0 aliphatic heterocycles. The van der Waals surface area contributed by atoms with Crippen LogP contribution in [0.1, 0.15) is 47.9 Å². The highest BCUT2D eigenvalue weighted by Gasteiger charge is 2.13. The minimum absolute atomic E-state index is 0.385. The summed E-state index contributed by atoms with van der Waals surface area (Å²) in [4.78, 5) is 0. The number of benzene rings is 2. The first kappa shape index (κ1) is 16.4. The molecular weight excluding hydrogens is 299 g/mol. The zero-order valence-corrected chi connectivity index (χ0v) is 14.4. The van der Waals surface area contributed by atoms with Crippen LogP contribution >= 0.6 is 23.2 Å². The van der Waals surface area contributed by atoms with Crippen LogP contribution in [0.2, 0.25) is 10.0 Å². The zero-order valence-electron chi connectivity index (χ0n) is 12.9. The summed E-state index contributed by atoms with van der Waals surface area (Å²) in [5.41, 5.74) is 5.34. The van der Waals surface area contributed by atoms with Gasteiger partial charge in [-0.15, -0.1) is 0 Å². The molecule has 2 heteroatoms. The smallest absolute Gasteiger partial charge is 0.0455 e. The van der Waals surface area contributed by atoms with E-state index < -0.39 is 0 Å². The molecule has 2 rings (SSSR count). The van der Waals surface area contributed by atoms with Crippen LogP contribution in [0, 0.1) is 13.8 Å². The van der Waals surface area contributed by atoms with Crippen molar-refractivity contribution in [3.05, 3.63) is 68.7 Å². The van der Waals surface area contributed by atoms with Gasteiger partial charge in [0.05, 0.1) is 0 Å². The summed E-state index contributed by atoms with van der Waals surface area (Å²) in [6.45, 7) is 6.59. The topological polar surface area (TPSA) is 0 Å². The quantitative estimate of drug-likeness (QED) is 0.572. The van der Waals surface area contributed by atoms with E-state index in [-0.39, 0.29) is 0 Å². The molecule has 112 valence electrons. The fourth-order valence-corrected chi connectivity index (χ4v) is 3.72. The van der Waals surface area contributed by atoms with Gasteiger partial charge in [-0.05, 0) is 73.4 Å². The van der Waals surface area contributed by atoms with Gasteiger partial charge in [-0.1, -0.05) is 54.4 Å². The summed E-state index contributed by atoms with van der Waals surface area (Å²) in [6.07, 6.45) is 3.36. The molecule has 0 aliphatic carbocycles. The lowest BCUT2D eigenvalue weighted by Gasteiger charge is -2.16. The van der Waals surface area contributed by atoms with Crippen molar-refractivity contribution < 1.29 is 0 Å². The Kier molecular flexibility index (Phi) is 5.72. The molecule has 0 fully saturated rings. The summed E-state index contributed by atoms with van der Waals surface area (Å²) < 4.78 is 0. The van der Waals surface area contributed by atoms with Gasteiger partial charge in [0.1, 0.15) is 0 Å². The number of halogens is 2. The van der Waals surface area contributed by atoms with Gasteiger partial charge >= 0.3 is 0 Å². The van der Waals surface area contributed by atoms with Gasteiger partial charge in [-0.2, -0.15) is 0 Å². The van der Waals surface area contributed by atoms with Crippen LogP contribution in [0.25, 0.3) is 0 Å². The molecule has 2 aromatic rings. The standard InChI is InChI=1S/C19H22Cl2/c1-13-7-4-8-14(2)16(13)10-5-9-15(3)19-17(20)11-6-12-18(19)21/h4,6-8,11-12,15H,5,9-10H2,1-3H3. The minimum Gasteiger partial charge on any atom is -0.0840 e. The van der Waals surface area contributed by atoms with Gasteiger partial charge in [0.15, 0.2) is 0 Å². The lowest BCUT2D eigenvalue weighted by Crippen LogP contribution is -1.99. The van der Waals surface area contributed by atoms with Crippen LogP contribution in [-0.4, -0.2) is 0 Å². The predicted octanol–water partition coefficient (Wildman–Crippen LogP) is 6.74. The first-order valence-corrected chi connectivity index (χ1v) is 8.25. The second kappa shape index (κ2) is 7.33. The summed E-state index contributed by atoms with van der Waals surface area (Å²) in [5.74, 6) is 0.385. The van der Waals surface area contributed by atoms with Crippen molar-refractivity contribution in [1.82, 2.24) is 0 Å². The normalized spacial score (nSPS) is 12.4. The van der Waals surface area contributed by atoms with E-state index in [1.165, 1.54) is 16.7 Å². The zero-order chi connectivity index (χ0) is 15.4. The van der Waals surface area contributed by atoms with Crippen LogP contribution in [0.4, 0.5) is 0 Å². The summed E-state index contributed by atoms with van der Waals surface area (Å²) >= 11 is 12.6. The maximum Gasteiger partial charge on any atom is 0.0455 e. The Labute approximate surface area is 138 Å². The van der Waals surface area contributed by atoms with E-state index in [1.54, 1.807) is 0 Å². The molecule has 0 nitrogen and oxygen atoms in total. The van der Waals surface area contributed by atoms with E-state index in [2.05, 4.69) is 39.0 Å². The molecule has 0 saturated heterocycles. The monoisotopic (exact) mass is 320 g/mol. The highest BCUT2D eigenvalue weighted by atomic mass is 35.5. The van der Waals surface area contributed by atoms with Crippen molar-refractivity contribution in [3.8, 4) is 0 Å². The van der Waals surface area contributed by atoms with Gasteiger partial charge in [0.25, 0.3) is 0 Å². The summed E-state index contributed by atoms with van der Waals surface area (Å²) in [7, 11) is 0. The second-order valence-corrected chi connectivity index (χ2v) is 6.61. The fourth-order valence-electron chi connectivity index (χ4n) is 2.95. The average molecular weight is 321 g/mol. The van der Waals surface area contributed by atoms with Gasteiger partial charge in [-0.25, -0.2) is 0 Å². The van der Waals surface area contributed by atoms with Crippen LogP contribution < -0.4 is 0 Å². The van der Waals surface area contributed by atoms with Gasteiger partial charge < -0.3 is 0 Å². The van der Waals surface area contributed by atoms with Crippen molar-refractivity contribution >= 4 is 23.2 Å². The van der Waals surface area contributed by atoms with E-state index >= 15 is 0 Å². The molecule has 0 aliphatic rings. The number of rotatable bonds is 5. The molecule has 2 aromatic carbocycles. The Morgan fingerprint density at radius 2 is 1.43 bits per heavy atom. The van der Waals surface area contributed by atoms with E-state index in [0.29, 0.717) is 5.92 Å². The van der Waals surface area contributed by atoms with E-state index in [0.717, 1.165) is 34.9 Å². The molecule has 0 bridgehead atoms. The largest absolute Gasteiger partial charge is 0.0840 e. The third-order valence-corrected chi connectivity index (χ3v) is 4.86. The van der Waals surface area contributed by atoms with E-state index in [4.69, 9.17) is 23.2 Å². The van der Waals surface area contributed by atoms with Crippen LogP contribution in [0.15, 0.2) is 36.4 Å². The Bertz CT molecular complexity index is 576. The van der Waals surface area contributed by atoms with Gasteiger partial charge in [0, 0.05) is 10.0 Å². The highest BCUT2D eigenvalue weighted by Crippen LogP contribution is 2.34. The van der Waals surface area contributed by atoms with Crippen LogP contribution in [0.5, 0.6) is 0 Å². The minimum atomic E-state index is 0.385. The maximum atomic E-state index is 6.29. The van der Waals surface area contributed by atoms with Crippen molar-refractivity contribution in [2.45, 2.75) is 46.0 Å². The molecule has 1 unspecified atom stereocenters. The molecule has 21 heavy (non-hydrogen) atoms. The first-order chi connectivity index (χ1) is 10.0. The molecule has 0 amide bonds. The molecule has 0 N–H and O–H groups in total. The highest BCUT2D eigenvalue weighted by molar-refractivity contribution is 6.36. The molecule has 0 radical (unpaired) electrons. The van der Waals surface area contributed by atoms with Gasteiger partial charge in [-0.3, -0.25) is 0 Å². The SMILES string of the molecule is Cc1cccc(C)c1CCCC(C)c1c(Cl)cccc1Cl. The Morgan fingerprint density at radius 1 is 0.905 bits per heavy atom. The van der Waals surface area contributed by atoms with Crippen molar-refractivity contribution in [2.75, 3.05) is 0 Å². The van der Waals surface area contributed by atoms with Crippen molar-refractivity contribution in [1.29, 1.82) is 0 Å². The number of aryl methyl sites for hydroxylation is 2. The molecule has 0 spiro atoms. The number of hydrogen-bond donors (Lipinski definition) is 0. The predicted molar refractivity (Wildman–Crippen MR) is 93.7 cm³/mol. The Hall–Kier alpha value is -0.980. The molecular formula is C19H22Cl2. The fraction of sp³-hybridized carbons (Fsp3) is 0.368. The molecule has 1 atom stereocenters. The third-order valence-electron chi connectivity index (χ3n) is 4.20. The first-order valence-electron chi connectivity index (χ1n) is 7.49. The third kappa shape index (κ3) is 4.02. The van der Waals surface area contributed by atoms with E-state index in [9.17, 15) is 0 Å². The Morgan fingerprint density at radius 3 is 2.00 bits per heavy atom. The van der Waals surface area contributed by atoms with E-state index in [1.807, 2.05) is 18.2 Å². The number of hydrogen-bond acceptors (Lipinski definition) is 0. The van der Waals surface area contributed by atoms with Crippen LogP contribution in [-0.2, 0) is 6.42 Å². The van der Waals surface area contributed by atoms with Crippen LogP contribution in [0.3, 0.4) is 0 Å². The van der Waals surface area contributed by atoms with Gasteiger partial charge in [0.2, 0.25) is 0 Å². The molecule has 0 heterocycles. The molecule has 0 aromatic heterocycles. The lowest BCUT2D eigenvalue weighted by atomic mass is 9.92. The Balaban J connectivity index is 2.01. The van der Waals surface area contributed by atoms with Crippen molar-refractivity contribution in [2.24, 2.45) is 0 Å². The maximum absolute atomic E-state index is 6.29.